The van der Waals surface area contributed by atoms with Crippen LogP contribution in [-0.2, 0) is 0 Å². The second-order valence-corrected chi connectivity index (χ2v) is 4.66. The number of halogens is 1. The lowest BCUT2D eigenvalue weighted by Crippen LogP contribution is -1.92. The van der Waals surface area contributed by atoms with Crippen LogP contribution in [0.3, 0.4) is 0 Å². The minimum Gasteiger partial charge on any atom is -0.260 e. The van der Waals surface area contributed by atoms with Gasteiger partial charge in [0.15, 0.2) is 0 Å². The summed E-state index contributed by atoms with van der Waals surface area (Å²) in [7, 11) is 0. The Hall–Kier alpha value is -0.120. The lowest BCUT2D eigenvalue weighted by atomic mass is 10.1. The van der Waals surface area contributed by atoms with Crippen molar-refractivity contribution in [1.82, 2.24) is 0 Å². The number of allylic oxidation sites excluding steroid dienone is 4. The highest BCUT2D eigenvalue weighted by atomic mass is 127. The Morgan fingerprint density at radius 2 is 2.08 bits per heavy atom. The molecular weight excluding hydrogens is 261 g/mol. The second-order valence-electron chi connectivity index (χ2n) is 3.42. The normalized spacial score (nSPS) is 23.6. The van der Waals surface area contributed by atoms with Gasteiger partial charge in [0.25, 0.3) is 0 Å². The van der Waals surface area contributed by atoms with Crippen molar-refractivity contribution in [1.29, 1.82) is 0 Å². The average molecular weight is 275 g/mol. The topological polar surface area (TPSA) is 12.4 Å². The van der Waals surface area contributed by atoms with Gasteiger partial charge in [0.05, 0.1) is 0 Å². The minimum absolute atomic E-state index is 0.511. The molecule has 0 saturated carbocycles. The lowest BCUT2D eigenvalue weighted by Gasteiger charge is -2.05. The predicted octanol–water partition coefficient (Wildman–Crippen LogP) is 3.57. The SMILES string of the molecule is CC1C=C(I)C=NC(C(C)C)=C1. The van der Waals surface area contributed by atoms with E-state index in [1.807, 2.05) is 6.21 Å². The summed E-state index contributed by atoms with van der Waals surface area (Å²) in [6.07, 6.45) is 6.39. The third kappa shape index (κ3) is 2.73. The Labute approximate surface area is 87.8 Å². The first kappa shape index (κ1) is 9.96. The first-order valence-electron chi connectivity index (χ1n) is 4.22. The van der Waals surface area contributed by atoms with Crippen LogP contribution in [0.5, 0.6) is 0 Å². The molecule has 1 aliphatic heterocycles. The predicted molar refractivity (Wildman–Crippen MR) is 62.7 cm³/mol. The van der Waals surface area contributed by atoms with Crippen molar-refractivity contribution in [3.63, 3.8) is 0 Å². The summed E-state index contributed by atoms with van der Waals surface area (Å²) in [5, 5.41) is 0. The van der Waals surface area contributed by atoms with Gasteiger partial charge < -0.3 is 0 Å². The van der Waals surface area contributed by atoms with Crippen LogP contribution in [0.4, 0.5) is 0 Å². The van der Waals surface area contributed by atoms with Crippen molar-refractivity contribution in [2.24, 2.45) is 16.8 Å². The number of rotatable bonds is 1. The second kappa shape index (κ2) is 4.21. The fourth-order valence-corrected chi connectivity index (χ4v) is 1.84. The van der Waals surface area contributed by atoms with Crippen LogP contribution in [-0.4, -0.2) is 6.21 Å². The maximum Gasteiger partial charge on any atom is 0.0401 e. The molecule has 1 aliphatic rings. The number of hydrogen-bond donors (Lipinski definition) is 0. The van der Waals surface area contributed by atoms with Crippen LogP contribution < -0.4 is 0 Å². The summed E-state index contributed by atoms with van der Waals surface area (Å²) >= 11 is 2.31. The molecule has 0 aromatic heterocycles. The molecular formula is C10H14IN. The quantitative estimate of drug-likeness (QED) is 0.649. The molecule has 1 rings (SSSR count). The van der Waals surface area contributed by atoms with Crippen molar-refractivity contribution in [3.8, 4) is 0 Å². The van der Waals surface area contributed by atoms with Crippen molar-refractivity contribution in [2.45, 2.75) is 20.8 Å². The van der Waals surface area contributed by atoms with Gasteiger partial charge in [-0.15, -0.1) is 0 Å². The Kier molecular flexibility index (Phi) is 3.50. The molecule has 0 aromatic carbocycles. The third-order valence-electron chi connectivity index (χ3n) is 1.78. The highest BCUT2D eigenvalue weighted by molar-refractivity contribution is 14.1. The number of aliphatic imine (C=N–C) groups is 1. The average Bonchev–Trinajstić information content (AvgIpc) is 2.11. The summed E-state index contributed by atoms with van der Waals surface area (Å²) in [6, 6.07) is 0. The molecule has 0 radical (unpaired) electrons. The van der Waals surface area contributed by atoms with Crippen LogP contribution in [0.2, 0.25) is 0 Å². The van der Waals surface area contributed by atoms with Crippen LogP contribution in [0.1, 0.15) is 20.8 Å². The van der Waals surface area contributed by atoms with E-state index >= 15 is 0 Å². The van der Waals surface area contributed by atoms with E-state index in [0.717, 1.165) is 0 Å². The maximum atomic E-state index is 4.41. The first-order valence-corrected chi connectivity index (χ1v) is 5.30. The van der Waals surface area contributed by atoms with E-state index in [2.05, 4.69) is 60.5 Å². The number of hydrogen-bond acceptors (Lipinski definition) is 1. The van der Waals surface area contributed by atoms with E-state index in [1.54, 1.807) is 0 Å². The van der Waals surface area contributed by atoms with Gasteiger partial charge in [-0.05, 0) is 34.4 Å². The molecule has 0 aliphatic carbocycles. The Morgan fingerprint density at radius 3 is 2.67 bits per heavy atom. The van der Waals surface area contributed by atoms with Gasteiger partial charge in [0.1, 0.15) is 0 Å². The Balaban J connectivity index is 2.87. The van der Waals surface area contributed by atoms with Crippen LogP contribution in [0.15, 0.2) is 26.4 Å². The fourth-order valence-electron chi connectivity index (χ4n) is 1.13. The van der Waals surface area contributed by atoms with Crippen molar-refractivity contribution < 1.29 is 0 Å². The Morgan fingerprint density at radius 1 is 1.42 bits per heavy atom. The largest absolute Gasteiger partial charge is 0.260 e. The fraction of sp³-hybridized carbons (Fsp3) is 0.500. The molecule has 0 amide bonds. The summed E-state index contributed by atoms with van der Waals surface area (Å²) < 4.78 is 1.23. The molecule has 2 heteroatoms. The van der Waals surface area contributed by atoms with Gasteiger partial charge in [0, 0.05) is 15.5 Å². The summed E-state index contributed by atoms with van der Waals surface area (Å²) in [5.41, 5.74) is 1.20. The highest BCUT2D eigenvalue weighted by Gasteiger charge is 2.06. The summed E-state index contributed by atoms with van der Waals surface area (Å²) in [5.74, 6) is 1.04. The standard InChI is InChI=1S/C10H14IN/c1-7(2)10-5-8(3)4-9(11)6-12-10/h4-8H,1-3H3. The van der Waals surface area contributed by atoms with Gasteiger partial charge in [-0.1, -0.05) is 32.9 Å². The molecule has 1 unspecified atom stereocenters. The van der Waals surface area contributed by atoms with Crippen molar-refractivity contribution in [3.05, 3.63) is 21.4 Å². The van der Waals surface area contributed by atoms with Gasteiger partial charge in [-0.25, -0.2) is 0 Å². The van der Waals surface area contributed by atoms with Crippen LogP contribution in [0.25, 0.3) is 0 Å². The first-order chi connectivity index (χ1) is 5.59. The van der Waals surface area contributed by atoms with E-state index < -0.39 is 0 Å². The molecule has 0 N–H and O–H groups in total. The third-order valence-corrected chi connectivity index (χ3v) is 2.42. The number of nitrogens with zero attached hydrogens (tertiary/aromatic N) is 1. The zero-order valence-corrected chi connectivity index (χ0v) is 9.87. The van der Waals surface area contributed by atoms with Crippen LogP contribution in [0, 0.1) is 11.8 Å². The molecule has 0 fully saturated rings. The van der Waals surface area contributed by atoms with E-state index in [0.29, 0.717) is 11.8 Å². The van der Waals surface area contributed by atoms with E-state index in [-0.39, 0.29) is 0 Å². The van der Waals surface area contributed by atoms with Gasteiger partial charge >= 0.3 is 0 Å². The van der Waals surface area contributed by atoms with E-state index in [1.165, 1.54) is 9.28 Å². The van der Waals surface area contributed by atoms with Crippen molar-refractivity contribution >= 4 is 28.8 Å². The molecule has 0 spiro atoms. The lowest BCUT2D eigenvalue weighted by molar-refractivity contribution is 0.741. The van der Waals surface area contributed by atoms with Gasteiger partial charge in [-0.2, -0.15) is 0 Å². The van der Waals surface area contributed by atoms with E-state index in [4.69, 9.17) is 0 Å². The van der Waals surface area contributed by atoms with Gasteiger partial charge in [0.2, 0.25) is 0 Å². The molecule has 0 saturated heterocycles. The molecule has 1 atom stereocenters. The summed E-state index contributed by atoms with van der Waals surface area (Å²) in [4.78, 5) is 4.41. The monoisotopic (exact) mass is 275 g/mol. The van der Waals surface area contributed by atoms with Crippen molar-refractivity contribution in [2.75, 3.05) is 0 Å². The minimum atomic E-state index is 0.511. The molecule has 66 valence electrons. The van der Waals surface area contributed by atoms with E-state index in [9.17, 15) is 0 Å². The van der Waals surface area contributed by atoms with Gasteiger partial charge in [-0.3, -0.25) is 4.99 Å². The molecule has 1 heterocycles. The maximum absolute atomic E-state index is 4.41. The molecule has 0 aromatic rings. The molecule has 0 bridgehead atoms. The van der Waals surface area contributed by atoms with Crippen LogP contribution >= 0.6 is 22.6 Å². The highest BCUT2D eigenvalue weighted by Crippen LogP contribution is 2.20. The smallest absolute Gasteiger partial charge is 0.0401 e. The molecule has 12 heavy (non-hydrogen) atoms. The summed E-state index contributed by atoms with van der Waals surface area (Å²) in [6.45, 7) is 6.54. The zero-order valence-electron chi connectivity index (χ0n) is 7.71. The molecule has 1 nitrogen and oxygen atoms in total. The zero-order chi connectivity index (χ0) is 9.14. The Bertz CT molecular complexity index is 249.